The van der Waals surface area contributed by atoms with E-state index in [9.17, 15) is 4.79 Å². The van der Waals surface area contributed by atoms with Crippen LogP contribution in [0.2, 0.25) is 0 Å². The summed E-state index contributed by atoms with van der Waals surface area (Å²) in [6, 6.07) is 0. The highest BCUT2D eigenvalue weighted by molar-refractivity contribution is 5.79. The molecule has 0 aliphatic carbocycles. The molecular formula is C10H19NO3. The van der Waals surface area contributed by atoms with Crippen molar-refractivity contribution in [3.05, 3.63) is 0 Å². The first-order chi connectivity index (χ1) is 6.50. The minimum atomic E-state index is -0.469. The molecule has 4 nitrogen and oxygen atoms in total. The minimum absolute atomic E-state index is 0.0197. The highest BCUT2D eigenvalue weighted by atomic mass is 16.5. The quantitative estimate of drug-likeness (QED) is 0.712. The van der Waals surface area contributed by atoms with Crippen LogP contribution in [-0.4, -0.2) is 48.3 Å². The highest BCUT2D eigenvalue weighted by Gasteiger charge is 2.30. The molecule has 1 rings (SSSR count). The van der Waals surface area contributed by atoms with Crippen LogP contribution in [0.3, 0.4) is 0 Å². The van der Waals surface area contributed by atoms with E-state index in [1.165, 1.54) is 0 Å². The van der Waals surface area contributed by atoms with Gasteiger partial charge in [-0.1, -0.05) is 0 Å². The maximum atomic E-state index is 11.8. The fourth-order valence-electron chi connectivity index (χ4n) is 1.79. The SMILES string of the molecule is CC(O)CN(C)C(=O)C1COC(C)C1. The molecule has 4 heteroatoms. The van der Waals surface area contributed by atoms with Gasteiger partial charge in [0.1, 0.15) is 0 Å². The van der Waals surface area contributed by atoms with E-state index in [-0.39, 0.29) is 17.9 Å². The van der Waals surface area contributed by atoms with Crippen LogP contribution in [0.15, 0.2) is 0 Å². The van der Waals surface area contributed by atoms with E-state index >= 15 is 0 Å². The van der Waals surface area contributed by atoms with Crippen LogP contribution in [0, 0.1) is 5.92 Å². The first-order valence-electron chi connectivity index (χ1n) is 5.05. The molecular weight excluding hydrogens is 182 g/mol. The molecule has 1 N–H and O–H groups in total. The molecule has 82 valence electrons. The Morgan fingerprint density at radius 3 is 2.79 bits per heavy atom. The molecule has 1 aliphatic rings. The maximum absolute atomic E-state index is 11.8. The molecule has 0 aromatic rings. The molecule has 0 spiro atoms. The number of carbonyl (C=O) groups is 1. The van der Waals surface area contributed by atoms with Gasteiger partial charge >= 0.3 is 0 Å². The molecule has 3 unspecified atom stereocenters. The van der Waals surface area contributed by atoms with Crippen molar-refractivity contribution in [3.63, 3.8) is 0 Å². The normalized spacial score (nSPS) is 28.9. The zero-order chi connectivity index (χ0) is 10.7. The lowest BCUT2D eigenvalue weighted by Gasteiger charge is -2.21. The highest BCUT2D eigenvalue weighted by Crippen LogP contribution is 2.20. The van der Waals surface area contributed by atoms with Crippen LogP contribution in [0.1, 0.15) is 20.3 Å². The Kier molecular flexibility index (Phi) is 3.89. The summed E-state index contributed by atoms with van der Waals surface area (Å²) >= 11 is 0. The number of hydrogen-bond donors (Lipinski definition) is 1. The second-order valence-electron chi connectivity index (χ2n) is 4.14. The zero-order valence-corrected chi connectivity index (χ0v) is 9.06. The van der Waals surface area contributed by atoms with Gasteiger partial charge in [-0.2, -0.15) is 0 Å². The van der Waals surface area contributed by atoms with Crippen LogP contribution < -0.4 is 0 Å². The van der Waals surface area contributed by atoms with Crippen LogP contribution in [0.25, 0.3) is 0 Å². The monoisotopic (exact) mass is 201 g/mol. The number of carbonyl (C=O) groups excluding carboxylic acids is 1. The summed E-state index contributed by atoms with van der Waals surface area (Å²) in [5.74, 6) is 0.0593. The summed E-state index contributed by atoms with van der Waals surface area (Å²) in [5, 5.41) is 9.14. The van der Waals surface area contributed by atoms with E-state index in [2.05, 4.69) is 0 Å². The van der Waals surface area contributed by atoms with E-state index < -0.39 is 6.10 Å². The number of hydrogen-bond acceptors (Lipinski definition) is 3. The second kappa shape index (κ2) is 4.75. The summed E-state index contributed by atoms with van der Waals surface area (Å²) in [6.07, 6.45) is 0.510. The van der Waals surface area contributed by atoms with Gasteiger partial charge in [0.25, 0.3) is 0 Å². The molecule has 1 amide bonds. The number of rotatable bonds is 3. The summed E-state index contributed by atoms with van der Waals surface area (Å²) in [5.41, 5.74) is 0. The van der Waals surface area contributed by atoms with Crippen LogP contribution in [-0.2, 0) is 9.53 Å². The molecule has 1 aliphatic heterocycles. The fourth-order valence-corrected chi connectivity index (χ4v) is 1.79. The number of aliphatic hydroxyl groups is 1. The standard InChI is InChI=1S/C10H19NO3/c1-7(12)5-11(3)10(13)9-4-8(2)14-6-9/h7-9,12H,4-6H2,1-3H3. The zero-order valence-electron chi connectivity index (χ0n) is 9.06. The van der Waals surface area contributed by atoms with Crippen LogP contribution in [0.5, 0.6) is 0 Å². The van der Waals surface area contributed by atoms with Crippen LogP contribution in [0.4, 0.5) is 0 Å². The van der Waals surface area contributed by atoms with E-state index in [0.717, 1.165) is 6.42 Å². The Morgan fingerprint density at radius 2 is 2.36 bits per heavy atom. The second-order valence-corrected chi connectivity index (χ2v) is 4.14. The molecule has 0 bridgehead atoms. The average molecular weight is 201 g/mol. The Morgan fingerprint density at radius 1 is 1.71 bits per heavy atom. The Labute approximate surface area is 84.8 Å². The molecule has 1 fully saturated rings. The fraction of sp³-hybridized carbons (Fsp3) is 0.900. The summed E-state index contributed by atoms with van der Waals surface area (Å²) < 4.78 is 5.33. The van der Waals surface area contributed by atoms with Crippen molar-refractivity contribution in [1.82, 2.24) is 4.90 Å². The summed E-state index contributed by atoms with van der Waals surface area (Å²) in [7, 11) is 1.72. The minimum Gasteiger partial charge on any atom is -0.392 e. The van der Waals surface area contributed by atoms with Gasteiger partial charge in [0.15, 0.2) is 0 Å². The predicted molar refractivity (Wildman–Crippen MR) is 52.8 cm³/mol. The molecule has 0 saturated carbocycles. The van der Waals surface area contributed by atoms with Crippen molar-refractivity contribution >= 4 is 5.91 Å². The maximum Gasteiger partial charge on any atom is 0.227 e. The van der Waals surface area contributed by atoms with Crippen molar-refractivity contribution in [1.29, 1.82) is 0 Å². The van der Waals surface area contributed by atoms with Gasteiger partial charge in [0.05, 0.1) is 24.7 Å². The number of amides is 1. The number of likely N-dealkylation sites (N-methyl/N-ethyl adjacent to an activating group) is 1. The topological polar surface area (TPSA) is 49.8 Å². The lowest BCUT2D eigenvalue weighted by atomic mass is 10.0. The largest absolute Gasteiger partial charge is 0.392 e. The smallest absolute Gasteiger partial charge is 0.227 e. The van der Waals surface area contributed by atoms with Gasteiger partial charge in [0.2, 0.25) is 5.91 Å². The van der Waals surface area contributed by atoms with Crippen molar-refractivity contribution in [3.8, 4) is 0 Å². The Bertz CT molecular complexity index is 206. The summed E-state index contributed by atoms with van der Waals surface area (Å²) in [4.78, 5) is 13.3. The lowest BCUT2D eigenvalue weighted by Crippen LogP contribution is -2.37. The molecule has 1 saturated heterocycles. The van der Waals surface area contributed by atoms with E-state index in [4.69, 9.17) is 9.84 Å². The molecule has 14 heavy (non-hydrogen) atoms. The number of aliphatic hydroxyl groups excluding tert-OH is 1. The molecule has 0 aromatic heterocycles. The van der Waals surface area contributed by atoms with Gasteiger partial charge in [-0.15, -0.1) is 0 Å². The summed E-state index contributed by atoms with van der Waals surface area (Å²) in [6.45, 7) is 4.56. The first kappa shape index (κ1) is 11.5. The Balaban J connectivity index is 2.40. The Hall–Kier alpha value is -0.610. The first-order valence-corrected chi connectivity index (χ1v) is 5.05. The van der Waals surface area contributed by atoms with Crippen molar-refractivity contribution in [2.24, 2.45) is 5.92 Å². The van der Waals surface area contributed by atoms with Crippen molar-refractivity contribution in [2.45, 2.75) is 32.5 Å². The number of ether oxygens (including phenoxy) is 1. The molecule has 0 radical (unpaired) electrons. The van der Waals surface area contributed by atoms with Crippen molar-refractivity contribution in [2.75, 3.05) is 20.2 Å². The van der Waals surface area contributed by atoms with E-state index in [1.807, 2.05) is 6.92 Å². The van der Waals surface area contributed by atoms with Gasteiger partial charge in [-0.3, -0.25) is 4.79 Å². The van der Waals surface area contributed by atoms with Gasteiger partial charge in [-0.25, -0.2) is 0 Å². The van der Waals surface area contributed by atoms with Gasteiger partial charge in [-0.05, 0) is 20.3 Å². The predicted octanol–water partition coefficient (Wildman–Crippen LogP) is 0.251. The third-order valence-corrected chi connectivity index (χ3v) is 2.46. The van der Waals surface area contributed by atoms with Crippen LogP contribution >= 0.6 is 0 Å². The average Bonchev–Trinajstić information content (AvgIpc) is 2.49. The molecule has 1 heterocycles. The van der Waals surface area contributed by atoms with Crippen molar-refractivity contribution < 1.29 is 14.6 Å². The van der Waals surface area contributed by atoms with Gasteiger partial charge < -0.3 is 14.7 Å². The lowest BCUT2D eigenvalue weighted by molar-refractivity contribution is -0.135. The van der Waals surface area contributed by atoms with Gasteiger partial charge in [0, 0.05) is 13.6 Å². The number of nitrogens with zero attached hydrogens (tertiary/aromatic N) is 1. The van der Waals surface area contributed by atoms with E-state index in [1.54, 1.807) is 18.9 Å². The third-order valence-electron chi connectivity index (χ3n) is 2.46. The molecule has 3 atom stereocenters. The molecule has 0 aromatic carbocycles. The van der Waals surface area contributed by atoms with E-state index in [0.29, 0.717) is 13.2 Å². The third kappa shape index (κ3) is 2.96.